The Morgan fingerprint density at radius 3 is 2.44 bits per heavy atom. The first-order chi connectivity index (χ1) is 7.83. The molecule has 0 saturated heterocycles. The number of halogens is 3. The second kappa shape index (κ2) is 7.53. The molecule has 104 valence electrons. The molecule has 0 fully saturated rings. The molecule has 0 aliphatic heterocycles. The molecular formula is C10H15Cl3N2O2S. The van der Waals surface area contributed by atoms with Gasteiger partial charge in [-0.15, -0.1) is 12.4 Å². The van der Waals surface area contributed by atoms with Gasteiger partial charge in [0.25, 0.3) is 0 Å². The van der Waals surface area contributed by atoms with Gasteiger partial charge in [-0.25, -0.2) is 13.1 Å². The van der Waals surface area contributed by atoms with Gasteiger partial charge >= 0.3 is 0 Å². The van der Waals surface area contributed by atoms with E-state index in [1.807, 2.05) is 19.0 Å². The minimum absolute atomic E-state index is 0. The zero-order valence-electron chi connectivity index (χ0n) is 9.98. The van der Waals surface area contributed by atoms with Crippen LogP contribution in [0.5, 0.6) is 0 Å². The minimum atomic E-state index is -3.60. The van der Waals surface area contributed by atoms with Crippen LogP contribution in [0.3, 0.4) is 0 Å². The molecule has 0 unspecified atom stereocenters. The Labute approximate surface area is 124 Å². The number of benzene rings is 1. The van der Waals surface area contributed by atoms with Gasteiger partial charge in [0.05, 0.1) is 5.02 Å². The standard InChI is InChI=1S/C10H14Cl2N2O2S.ClH/c1-14(2)6-5-13-17(15,16)10-7-8(11)3-4-9(10)12;/h3-4,7,13H,5-6H2,1-2H3;1H. The van der Waals surface area contributed by atoms with E-state index in [0.29, 0.717) is 18.1 Å². The Bertz CT molecular complexity index is 492. The van der Waals surface area contributed by atoms with Gasteiger partial charge in [-0.1, -0.05) is 23.2 Å². The van der Waals surface area contributed by atoms with Gasteiger partial charge in [-0.3, -0.25) is 0 Å². The third kappa shape index (κ3) is 5.30. The van der Waals surface area contributed by atoms with Crippen LogP contribution < -0.4 is 4.72 Å². The zero-order chi connectivity index (χ0) is 13.1. The summed E-state index contributed by atoms with van der Waals surface area (Å²) in [6.07, 6.45) is 0. The van der Waals surface area contributed by atoms with E-state index in [0.717, 1.165) is 0 Å². The fourth-order valence-corrected chi connectivity index (χ4v) is 2.95. The molecule has 0 aliphatic rings. The lowest BCUT2D eigenvalue weighted by molar-refractivity contribution is 0.412. The van der Waals surface area contributed by atoms with Crippen LogP contribution in [0.1, 0.15) is 0 Å². The van der Waals surface area contributed by atoms with E-state index in [4.69, 9.17) is 23.2 Å². The van der Waals surface area contributed by atoms with E-state index in [2.05, 4.69) is 4.72 Å². The number of nitrogens with one attached hydrogen (secondary N) is 1. The minimum Gasteiger partial charge on any atom is -0.308 e. The van der Waals surface area contributed by atoms with E-state index in [1.165, 1.54) is 12.1 Å². The Kier molecular flexibility index (Phi) is 7.51. The Morgan fingerprint density at radius 2 is 1.89 bits per heavy atom. The van der Waals surface area contributed by atoms with Crippen LogP contribution >= 0.6 is 35.6 Å². The van der Waals surface area contributed by atoms with Crippen LogP contribution in [0.2, 0.25) is 10.0 Å². The van der Waals surface area contributed by atoms with Gasteiger partial charge in [-0.2, -0.15) is 0 Å². The highest BCUT2D eigenvalue weighted by molar-refractivity contribution is 7.89. The van der Waals surface area contributed by atoms with Crippen molar-refractivity contribution >= 4 is 45.6 Å². The molecule has 0 atom stereocenters. The Balaban J connectivity index is 0.00000289. The molecule has 0 heterocycles. The Morgan fingerprint density at radius 1 is 1.28 bits per heavy atom. The molecule has 0 radical (unpaired) electrons. The van der Waals surface area contributed by atoms with Crippen molar-refractivity contribution in [3.63, 3.8) is 0 Å². The van der Waals surface area contributed by atoms with Crippen LogP contribution in [0, 0.1) is 0 Å². The predicted octanol–water partition coefficient (Wildman–Crippen LogP) is 2.26. The summed E-state index contributed by atoms with van der Waals surface area (Å²) in [4.78, 5) is 1.88. The zero-order valence-corrected chi connectivity index (χ0v) is 13.1. The summed E-state index contributed by atoms with van der Waals surface area (Å²) < 4.78 is 26.3. The van der Waals surface area contributed by atoms with Crippen molar-refractivity contribution in [2.24, 2.45) is 0 Å². The first-order valence-electron chi connectivity index (χ1n) is 4.92. The van der Waals surface area contributed by atoms with E-state index in [9.17, 15) is 8.42 Å². The average molecular weight is 334 g/mol. The number of rotatable bonds is 5. The van der Waals surface area contributed by atoms with Crippen LogP contribution in [-0.4, -0.2) is 40.5 Å². The van der Waals surface area contributed by atoms with Crippen molar-refractivity contribution < 1.29 is 8.42 Å². The van der Waals surface area contributed by atoms with E-state index < -0.39 is 10.0 Å². The third-order valence-corrected chi connectivity index (χ3v) is 4.21. The van der Waals surface area contributed by atoms with E-state index >= 15 is 0 Å². The lowest BCUT2D eigenvalue weighted by Gasteiger charge is -2.11. The lowest BCUT2D eigenvalue weighted by atomic mass is 10.4. The monoisotopic (exact) mass is 332 g/mol. The number of hydrogen-bond donors (Lipinski definition) is 1. The maximum atomic E-state index is 11.9. The topological polar surface area (TPSA) is 49.4 Å². The molecule has 0 amide bonds. The SMILES string of the molecule is CN(C)CCNS(=O)(=O)c1cc(Cl)ccc1Cl.Cl. The highest BCUT2D eigenvalue weighted by Gasteiger charge is 2.17. The third-order valence-electron chi connectivity index (χ3n) is 2.03. The van der Waals surface area contributed by atoms with Gasteiger partial charge in [0.2, 0.25) is 10.0 Å². The van der Waals surface area contributed by atoms with Gasteiger partial charge in [-0.05, 0) is 32.3 Å². The summed E-state index contributed by atoms with van der Waals surface area (Å²) in [5.41, 5.74) is 0. The van der Waals surface area contributed by atoms with Gasteiger partial charge in [0, 0.05) is 18.1 Å². The maximum absolute atomic E-state index is 11.9. The van der Waals surface area contributed by atoms with Crippen molar-refractivity contribution in [1.82, 2.24) is 9.62 Å². The second-order valence-electron chi connectivity index (χ2n) is 3.78. The highest BCUT2D eigenvalue weighted by Crippen LogP contribution is 2.24. The van der Waals surface area contributed by atoms with Gasteiger partial charge in [0.15, 0.2) is 0 Å². The predicted molar refractivity (Wildman–Crippen MR) is 77.5 cm³/mol. The fourth-order valence-electron chi connectivity index (χ4n) is 1.16. The summed E-state index contributed by atoms with van der Waals surface area (Å²) in [5.74, 6) is 0. The van der Waals surface area contributed by atoms with Gasteiger partial charge in [0.1, 0.15) is 4.90 Å². The Hall–Kier alpha value is -0.0400. The largest absolute Gasteiger partial charge is 0.308 e. The summed E-state index contributed by atoms with van der Waals surface area (Å²) in [5, 5.41) is 0.495. The van der Waals surface area contributed by atoms with Crippen LogP contribution in [-0.2, 0) is 10.0 Å². The molecular weight excluding hydrogens is 319 g/mol. The lowest BCUT2D eigenvalue weighted by Crippen LogP contribution is -2.31. The molecule has 4 nitrogen and oxygen atoms in total. The van der Waals surface area contributed by atoms with Crippen molar-refractivity contribution in [3.8, 4) is 0 Å². The van der Waals surface area contributed by atoms with Crippen LogP contribution in [0.15, 0.2) is 23.1 Å². The summed E-state index contributed by atoms with van der Waals surface area (Å²) in [7, 11) is 0.121. The first kappa shape index (κ1) is 18.0. The van der Waals surface area contributed by atoms with E-state index in [1.54, 1.807) is 6.07 Å². The summed E-state index contributed by atoms with van der Waals surface area (Å²) in [6.45, 7) is 0.926. The smallest absolute Gasteiger partial charge is 0.242 e. The van der Waals surface area contributed by atoms with Crippen molar-refractivity contribution in [2.45, 2.75) is 4.90 Å². The molecule has 1 N–H and O–H groups in total. The molecule has 0 spiro atoms. The maximum Gasteiger partial charge on any atom is 0.242 e. The fraction of sp³-hybridized carbons (Fsp3) is 0.400. The molecule has 0 aromatic heterocycles. The number of nitrogens with zero attached hydrogens (tertiary/aromatic N) is 1. The molecule has 1 aromatic carbocycles. The summed E-state index contributed by atoms with van der Waals surface area (Å²) >= 11 is 11.6. The van der Waals surface area contributed by atoms with Crippen LogP contribution in [0.25, 0.3) is 0 Å². The van der Waals surface area contributed by atoms with Gasteiger partial charge < -0.3 is 4.90 Å². The molecule has 1 rings (SSSR count). The molecule has 8 heteroatoms. The normalized spacial score (nSPS) is 11.4. The molecule has 0 bridgehead atoms. The van der Waals surface area contributed by atoms with Crippen molar-refractivity contribution in [1.29, 1.82) is 0 Å². The van der Waals surface area contributed by atoms with Crippen molar-refractivity contribution in [2.75, 3.05) is 27.2 Å². The number of hydrogen-bond acceptors (Lipinski definition) is 3. The second-order valence-corrected chi connectivity index (χ2v) is 6.35. The molecule has 0 aliphatic carbocycles. The van der Waals surface area contributed by atoms with Crippen LogP contribution in [0.4, 0.5) is 0 Å². The molecule has 18 heavy (non-hydrogen) atoms. The average Bonchev–Trinajstić information content (AvgIpc) is 2.20. The van der Waals surface area contributed by atoms with E-state index in [-0.39, 0.29) is 22.3 Å². The molecule has 1 aromatic rings. The quantitative estimate of drug-likeness (QED) is 0.899. The molecule has 0 saturated carbocycles. The number of likely N-dealkylation sites (N-methyl/N-ethyl adjacent to an activating group) is 1. The summed E-state index contributed by atoms with van der Waals surface area (Å²) in [6, 6.07) is 4.34. The van der Waals surface area contributed by atoms with Crippen molar-refractivity contribution in [3.05, 3.63) is 28.2 Å². The first-order valence-corrected chi connectivity index (χ1v) is 7.16. The number of sulfonamides is 1. The highest BCUT2D eigenvalue weighted by atomic mass is 35.5.